The molecular formula is C19H19NO4. The first-order valence-electron chi connectivity index (χ1n) is 8.05. The van der Waals surface area contributed by atoms with Crippen molar-refractivity contribution in [1.82, 2.24) is 4.90 Å². The van der Waals surface area contributed by atoms with Crippen LogP contribution in [-0.4, -0.2) is 31.3 Å². The summed E-state index contributed by atoms with van der Waals surface area (Å²) in [5, 5.41) is 0. The second-order valence-electron chi connectivity index (χ2n) is 6.03. The molecule has 24 heavy (non-hydrogen) atoms. The zero-order chi connectivity index (χ0) is 16.5. The van der Waals surface area contributed by atoms with Crippen LogP contribution in [0.2, 0.25) is 0 Å². The van der Waals surface area contributed by atoms with Gasteiger partial charge in [0.05, 0.1) is 13.5 Å². The van der Waals surface area contributed by atoms with Crippen LogP contribution in [0.1, 0.15) is 16.7 Å². The lowest BCUT2D eigenvalue weighted by atomic mass is 9.98. The van der Waals surface area contributed by atoms with E-state index in [1.807, 2.05) is 41.3 Å². The minimum Gasteiger partial charge on any atom is -0.496 e. The number of carbonyl (C=O) groups is 1. The fourth-order valence-electron chi connectivity index (χ4n) is 3.28. The van der Waals surface area contributed by atoms with Gasteiger partial charge in [0.1, 0.15) is 5.75 Å². The molecule has 2 aromatic carbocycles. The number of hydrogen-bond acceptors (Lipinski definition) is 4. The van der Waals surface area contributed by atoms with E-state index in [4.69, 9.17) is 14.2 Å². The van der Waals surface area contributed by atoms with Crippen molar-refractivity contribution in [3.8, 4) is 17.2 Å². The van der Waals surface area contributed by atoms with Gasteiger partial charge < -0.3 is 19.1 Å². The van der Waals surface area contributed by atoms with E-state index in [0.29, 0.717) is 13.0 Å². The topological polar surface area (TPSA) is 48.0 Å². The Bertz CT molecular complexity index is 787. The van der Waals surface area contributed by atoms with Crippen molar-refractivity contribution in [2.45, 2.75) is 19.4 Å². The molecule has 0 N–H and O–H groups in total. The summed E-state index contributed by atoms with van der Waals surface area (Å²) < 4.78 is 16.2. The molecule has 5 heteroatoms. The minimum absolute atomic E-state index is 0.114. The van der Waals surface area contributed by atoms with Crippen LogP contribution in [0, 0.1) is 0 Å². The largest absolute Gasteiger partial charge is 0.496 e. The molecule has 0 atom stereocenters. The maximum atomic E-state index is 12.7. The fraction of sp³-hybridized carbons (Fsp3) is 0.316. The van der Waals surface area contributed by atoms with Crippen molar-refractivity contribution in [3.63, 3.8) is 0 Å². The van der Waals surface area contributed by atoms with Gasteiger partial charge in [-0.1, -0.05) is 18.2 Å². The fourth-order valence-corrected chi connectivity index (χ4v) is 3.28. The quantitative estimate of drug-likeness (QED) is 0.870. The third kappa shape index (κ3) is 2.66. The number of amides is 1. The monoisotopic (exact) mass is 325 g/mol. The van der Waals surface area contributed by atoms with Crippen molar-refractivity contribution in [2.75, 3.05) is 20.4 Å². The van der Waals surface area contributed by atoms with Crippen molar-refractivity contribution in [3.05, 3.63) is 53.1 Å². The maximum absolute atomic E-state index is 12.7. The van der Waals surface area contributed by atoms with Crippen LogP contribution in [0.3, 0.4) is 0 Å². The molecule has 0 aromatic heterocycles. The van der Waals surface area contributed by atoms with E-state index >= 15 is 0 Å². The van der Waals surface area contributed by atoms with Gasteiger partial charge in [0.25, 0.3) is 0 Å². The standard InChI is InChI=1S/C19H19NO4/c1-22-16-5-3-2-4-14(16)10-19(21)20-7-6-13-8-17-18(24-12-23-17)9-15(13)11-20/h2-5,8-9H,6-7,10-12H2,1H3. The molecule has 2 heterocycles. The molecule has 0 radical (unpaired) electrons. The van der Waals surface area contributed by atoms with Crippen molar-refractivity contribution >= 4 is 5.91 Å². The highest BCUT2D eigenvalue weighted by Crippen LogP contribution is 2.36. The maximum Gasteiger partial charge on any atom is 0.231 e. The smallest absolute Gasteiger partial charge is 0.231 e. The van der Waals surface area contributed by atoms with Crippen LogP contribution >= 0.6 is 0 Å². The van der Waals surface area contributed by atoms with E-state index in [9.17, 15) is 4.79 Å². The highest BCUT2D eigenvalue weighted by molar-refractivity contribution is 5.80. The van der Waals surface area contributed by atoms with Crippen molar-refractivity contribution in [2.24, 2.45) is 0 Å². The number of hydrogen-bond donors (Lipinski definition) is 0. The molecule has 0 saturated carbocycles. The summed E-state index contributed by atoms with van der Waals surface area (Å²) in [5.74, 6) is 2.45. The van der Waals surface area contributed by atoms with Crippen LogP contribution in [0.15, 0.2) is 36.4 Å². The van der Waals surface area contributed by atoms with Crippen LogP contribution in [0.4, 0.5) is 0 Å². The minimum atomic E-state index is 0.114. The second-order valence-corrected chi connectivity index (χ2v) is 6.03. The highest BCUT2D eigenvalue weighted by atomic mass is 16.7. The number of carbonyl (C=O) groups excluding carboxylic acids is 1. The third-order valence-electron chi connectivity index (χ3n) is 4.59. The average molecular weight is 325 g/mol. The van der Waals surface area contributed by atoms with E-state index in [2.05, 4.69) is 0 Å². The first-order valence-corrected chi connectivity index (χ1v) is 8.05. The second kappa shape index (κ2) is 6.07. The van der Waals surface area contributed by atoms with Crippen molar-refractivity contribution < 1.29 is 19.0 Å². The highest BCUT2D eigenvalue weighted by Gasteiger charge is 2.25. The normalized spacial score (nSPS) is 15.1. The molecule has 0 spiro atoms. The Balaban J connectivity index is 1.51. The Hall–Kier alpha value is -2.69. The molecule has 2 aliphatic rings. The van der Waals surface area contributed by atoms with E-state index in [-0.39, 0.29) is 12.7 Å². The molecule has 0 saturated heterocycles. The molecule has 5 nitrogen and oxygen atoms in total. The predicted octanol–water partition coefficient (Wildman–Crippen LogP) is 2.55. The molecule has 0 aliphatic carbocycles. The summed E-state index contributed by atoms with van der Waals surface area (Å²) in [5.41, 5.74) is 3.29. The van der Waals surface area contributed by atoms with Gasteiger partial charge in [-0.2, -0.15) is 0 Å². The molecule has 4 rings (SSSR count). The lowest BCUT2D eigenvalue weighted by Gasteiger charge is -2.29. The Kier molecular flexibility index (Phi) is 3.76. The zero-order valence-electron chi connectivity index (χ0n) is 13.6. The van der Waals surface area contributed by atoms with Gasteiger partial charge in [0.2, 0.25) is 12.7 Å². The first kappa shape index (κ1) is 14.9. The molecule has 1 amide bonds. The molecule has 2 aliphatic heterocycles. The number of nitrogens with zero attached hydrogens (tertiary/aromatic N) is 1. The van der Waals surface area contributed by atoms with E-state index in [1.165, 1.54) is 5.56 Å². The Morgan fingerprint density at radius 2 is 1.92 bits per heavy atom. The number of para-hydroxylation sites is 1. The molecule has 2 aromatic rings. The molecular weight excluding hydrogens is 306 g/mol. The molecule has 0 bridgehead atoms. The predicted molar refractivity (Wildman–Crippen MR) is 88.4 cm³/mol. The van der Waals surface area contributed by atoms with Crippen LogP contribution in [0.5, 0.6) is 17.2 Å². The number of ether oxygens (including phenoxy) is 3. The van der Waals surface area contributed by atoms with E-state index in [0.717, 1.165) is 41.3 Å². The van der Waals surface area contributed by atoms with E-state index in [1.54, 1.807) is 7.11 Å². The summed E-state index contributed by atoms with van der Waals surface area (Å²) in [6.45, 7) is 1.61. The Morgan fingerprint density at radius 1 is 1.17 bits per heavy atom. The third-order valence-corrected chi connectivity index (χ3v) is 4.59. The first-order chi connectivity index (χ1) is 11.7. The van der Waals surface area contributed by atoms with Crippen molar-refractivity contribution in [1.29, 1.82) is 0 Å². The summed E-state index contributed by atoms with van der Waals surface area (Å²) in [6, 6.07) is 11.7. The summed E-state index contributed by atoms with van der Waals surface area (Å²) >= 11 is 0. The zero-order valence-corrected chi connectivity index (χ0v) is 13.6. The Labute approximate surface area is 140 Å². The van der Waals surface area contributed by atoms with Crippen LogP contribution in [-0.2, 0) is 24.2 Å². The van der Waals surface area contributed by atoms with E-state index < -0.39 is 0 Å². The number of fused-ring (bicyclic) bond motifs is 2. The van der Waals surface area contributed by atoms with Gasteiger partial charge in [-0.15, -0.1) is 0 Å². The number of rotatable bonds is 3. The van der Waals surface area contributed by atoms with Gasteiger partial charge in [-0.05, 0) is 35.7 Å². The lowest BCUT2D eigenvalue weighted by Crippen LogP contribution is -2.36. The van der Waals surface area contributed by atoms with Gasteiger partial charge in [-0.3, -0.25) is 4.79 Å². The summed E-state index contributed by atoms with van der Waals surface area (Å²) in [6.07, 6.45) is 1.19. The summed E-state index contributed by atoms with van der Waals surface area (Å²) in [7, 11) is 1.63. The lowest BCUT2D eigenvalue weighted by molar-refractivity contribution is -0.131. The molecule has 124 valence electrons. The SMILES string of the molecule is COc1ccccc1CC(=O)N1CCc2cc3c(cc2C1)OCO3. The molecule has 0 unspecified atom stereocenters. The molecule has 0 fully saturated rings. The number of benzene rings is 2. The Morgan fingerprint density at radius 3 is 2.71 bits per heavy atom. The average Bonchev–Trinajstić information content (AvgIpc) is 3.06. The van der Waals surface area contributed by atoms with Gasteiger partial charge in [0, 0.05) is 18.7 Å². The summed E-state index contributed by atoms with van der Waals surface area (Å²) in [4.78, 5) is 14.6. The van der Waals surface area contributed by atoms with Gasteiger partial charge in [-0.25, -0.2) is 0 Å². The van der Waals surface area contributed by atoms with Crippen LogP contribution < -0.4 is 14.2 Å². The number of methoxy groups -OCH3 is 1. The van der Waals surface area contributed by atoms with Gasteiger partial charge >= 0.3 is 0 Å². The van der Waals surface area contributed by atoms with Gasteiger partial charge in [0.15, 0.2) is 11.5 Å². The van der Waals surface area contributed by atoms with Crippen LogP contribution in [0.25, 0.3) is 0 Å².